The van der Waals surface area contributed by atoms with Gasteiger partial charge in [0.1, 0.15) is 4.99 Å². The van der Waals surface area contributed by atoms with Gasteiger partial charge in [0, 0.05) is 18.3 Å². The van der Waals surface area contributed by atoms with Crippen LogP contribution < -0.4 is 0 Å². The maximum atomic E-state index is 12.6. The number of esters is 2. The number of methoxy groups -OCH3 is 2. The molecule has 1 aliphatic heterocycles. The van der Waals surface area contributed by atoms with Crippen molar-refractivity contribution in [2.45, 2.75) is 30.9 Å². The standard InChI is InChI=1S/C15H17N3O5S2/c1-7-6-8(2)17-14(16-7)25-15(13(20)22-5)10(12(19)21-4)11(24)18-9(3)23-15/h6,10H,1-5H3/t10-,15-/m1/s1. The predicted octanol–water partition coefficient (Wildman–Crippen LogP) is 1.62. The summed E-state index contributed by atoms with van der Waals surface area (Å²) < 4.78 is 15.4. The Labute approximate surface area is 154 Å². The number of hydrogen-bond acceptors (Lipinski definition) is 9. The van der Waals surface area contributed by atoms with Crippen LogP contribution in [0.3, 0.4) is 0 Å². The molecule has 134 valence electrons. The first-order valence-electron chi connectivity index (χ1n) is 7.19. The number of thiocarbonyl (C=S) groups is 1. The Kier molecular flexibility index (Phi) is 5.73. The van der Waals surface area contributed by atoms with Gasteiger partial charge in [0.25, 0.3) is 4.93 Å². The average Bonchev–Trinajstić information content (AvgIpc) is 2.51. The Bertz CT molecular complexity index is 747. The van der Waals surface area contributed by atoms with E-state index in [4.69, 9.17) is 26.4 Å². The van der Waals surface area contributed by atoms with Crippen LogP contribution in [0.2, 0.25) is 0 Å². The van der Waals surface area contributed by atoms with Crippen LogP contribution in [0.5, 0.6) is 0 Å². The number of aliphatic imine (C=N–C) groups is 1. The Morgan fingerprint density at radius 2 is 1.80 bits per heavy atom. The summed E-state index contributed by atoms with van der Waals surface area (Å²) in [4.78, 5) is 35.6. The van der Waals surface area contributed by atoms with Crippen molar-refractivity contribution in [3.63, 3.8) is 0 Å². The van der Waals surface area contributed by atoms with E-state index in [1.54, 1.807) is 19.9 Å². The van der Waals surface area contributed by atoms with Gasteiger partial charge in [-0.3, -0.25) is 4.79 Å². The van der Waals surface area contributed by atoms with E-state index in [0.717, 1.165) is 11.8 Å². The van der Waals surface area contributed by atoms with E-state index in [-0.39, 0.29) is 16.0 Å². The molecule has 0 radical (unpaired) electrons. The van der Waals surface area contributed by atoms with Crippen LogP contribution >= 0.6 is 24.0 Å². The van der Waals surface area contributed by atoms with Gasteiger partial charge in [-0.1, -0.05) is 12.2 Å². The van der Waals surface area contributed by atoms with Crippen LogP contribution in [0.15, 0.2) is 16.2 Å². The summed E-state index contributed by atoms with van der Waals surface area (Å²) in [6.45, 7) is 5.11. The molecule has 0 amide bonds. The molecule has 25 heavy (non-hydrogen) atoms. The van der Waals surface area contributed by atoms with Crippen molar-refractivity contribution < 1.29 is 23.8 Å². The number of aromatic nitrogens is 2. The topological polar surface area (TPSA) is 100.0 Å². The highest BCUT2D eigenvalue weighted by molar-refractivity contribution is 8.01. The molecule has 0 saturated heterocycles. The first-order chi connectivity index (χ1) is 11.7. The van der Waals surface area contributed by atoms with Gasteiger partial charge >= 0.3 is 11.9 Å². The van der Waals surface area contributed by atoms with Crippen molar-refractivity contribution in [3.8, 4) is 0 Å². The summed E-state index contributed by atoms with van der Waals surface area (Å²) in [6, 6.07) is 1.78. The highest BCUT2D eigenvalue weighted by Gasteiger charge is 2.59. The number of carbonyl (C=O) groups is 2. The van der Waals surface area contributed by atoms with Crippen LogP contribution in [0.25, 0.3) is 0 Å². The van der Waals surface area contributed by atoms with E-state index in [9.17, 15) is 9.59 Å². The van der Waals surface area contributed by atoms with Crippen molar-refractivity contribution in [3.05, 3.63) is 17.5 Å². The summed E-state index contributed by atoms with van der Waals surface area (Å²) in [7, 11) is 2.38. The van der Waals surface area contributed by atoms with Crippen molar-refractivity contribution in [1.82, 2.24) is 9.97 Å². The normalized spacial score (nSPS) is 22.7. The fraction of sp³-hybridized carbons (Fsp3) is 0.467. The SMILES string of the molecule is COC(=O)[C@H]1C(=S)N=C(C)O[C@]1(Sc1nc(C)cc(C)n1)C(=O)OC. The van der Waals surface area contributed by atoms with Gasteiger partial charge in [-0.25, -0.2) is 19.8 Å². The lowest BCUT2D eigenvalue weighted by atomic mass is 10.0. The van der Waals surface area contributed by atoms with Crippen molar-refractivity contribution in [1.29, 1.82) is 0 Å². The first-order valence-corrected chi connectivity index (χ1v) is 8.41. The molecule has 0 bridgehead atoms. The predicted molar refractivity (Wildman–Crippen MR) is 94.4 cm³/mol. The van der Waals surface area contributed by atoms with Gasteiger partial charge in [0.05, 0.1) is 14.2 Å². The third-order valence-electron chi connectivity index (χ3n) is 3.31. The van der Waals surface area contributed by atoms with Crippen LogP contribution in [-0.2, 0) is 23.8 Å². The summed E-state index contributed by atoms with van der Waals surface area (Å²) in [5.74, 6) is -2.72. The fourth-order valence-corrected chi connectivity index (χ4v) is 4.13. The van der Waals surface area contributed by atoms with Crippen LogP contribution in [-0.4, -0.2) is 51.9 Å². The quantitative estimate of drug-likeness (QED) is 0.436. The van der Waals surface area contributed by atoms with E-state index in [2.05, 4.69) is 15.0 Å². The Morgan fingerprint density at radius 3 is 2.32 bits per heavy atom. The van der Waals surface area contributed by atoms with E-state index in [1.807, 2.05) is 0 Å². The maximum absolute atomic E-state index is 12.6. The minimum Gasteiger partial charge on any atom is -0.468 e. The third kappa shape index (κ3) is 3.79. The molecule has 2 atom stereocenters. The zero-order valence-electron chi connectivity index (χ0n) is 14.4. The molecule has 1 aromatic heterocycles. The van der Waals surface area contributed by atoms with Gasteiger partial charge in [-0.2, -0.15) is 0 Å². The van der Waals surface area contributed by atoms with Crippen molar-refractivity contribution >= 4 is 46.8 Å². The largest absolute Gasteiger partial charge is 0.468 e. The van der Waals surface area contributed by atoms with Gasteiger partial charge in [-0.05, 0) is 31.7 Å². The molecule has 2 heterocycles. The van der Waals surface area contributed by atoms with E-state index in [0.29, 0.717) is 11.4 Å². The summed E-state index contributed by atoms with van der Waals surface area (Å²) >= 11 is 6.04. The molecule has 1 aromatic rings. The number of rotatable bonds is 4. The van der Waals surface area contributed by atoms with Gasteiger partial charge < -0.3 is 14.2 Å². The zero-order valence-corrected chi connectivity index (χ0v) is 16.0. The molecule has 8 nitrogen and oxygen atoms in total. The highest BCUT2D eigenvalue weighted by atomic mass is 32.2. The summed E-state index contributed by atoms with van der Waals surface area (Å²) in [5.41, 5.74) is 1.40. The van der Waals surface area contributed by atoms with Crippen LogP contribution in [0.1, 0.15) is 18.3 Å². The van der Waals surface area contributed by atoms with E-state index in [1.165, 1.54) is 21.1 Å². The molecule has 0 spiro atoms. The minimum atomic E-state index is -1.86. The van der Waals surface area contributed by atoms with E-state index >= 15 is 0 Å². The van der Waals surface area contributed by atoms with Gasteiger partial charge in [0.2, 0.25) is 0 Å². The summed E-state index contributed by atoms with van der Waals surface area (Å²) in [5, 5.41) is 0.245. The lowest BCUT2D eigenvalue weighted by molar-refractivity contribution is -0.162. The number of nitrogens with zero attached hydrogens (tertiary/aromatic N) is 3. The Hall–Kier alpha value is -2.07. The molecule has 10 heteroatoms. The molecule has 0 aliphatic carbocycles. The number of carbonyl (C=O) groups excluding carboxylic acids is 2. The molecular formula is C15H17N3O5S2. The maximum Gasteiger partial charge on any atom is 0.363 e. The van der Waals surface area contributed by atoms with Crippen molar-refractivity contribution in [2.24, 2.45) is 10.9 Å². The molecule has 1 aliphatic rings. The Balaban J connectivity index is 2.61. The van der Waals surface area contributed by atoms with Gasteiger partial charge in [-0.15, -0.1) is 0 Å². The van der Waals surface area contributed by atoms with Crippen molar-refractivity contribution in [2.75, 3.05) is 14.2 Å². The number of ether oxygens (including phenoxy) is 3. The molecule has 2 rings (SSSR count). The average molecular weight is 383 g/mol. The minimum absolute atomic E-state index is 0.0297. The van der Waals surface area contributed by atoms with Crippen LogP contribution in [0.4, 0.5) is 0 Å². The Morgan fingerprint density at radius 1 is 1.20 bits per heavy atom. The molecule has 0 saturated carbocycles. The lowest BCUT2D eigenvalue weighted by Crippen LogP contribution is -2.55. The second kappa shape index (κ2) is 7.44. The highest BCUT2D eigenvalue weighted by Crippen LogP contribution is 2.43. The van der Waals surface area contributed by atoms with Gasteiger partial charge in [0.15, 0.2) is 17.0 Å². The number of thioether (sulfide) groups is 1. The molecule has 0 N–H and O–H groups in total. The molecule has 0 aromatic carbocycles. The lowest BCUT2D eigenvalue weighted by Gasteiger charge is -2.37. The third-order valence-corrected chi connectivity index (χ3v) is 4.79. The zero-order chi connectivity index (χ0) is 18.8. The first kappa shape index (κ1) is 19.3. The fourth-order valence-electron chi connectivity index (χ4n) is 2.36. The smallest absolute Gasteiger partial charge is 0.363 e. The van der Waals surface area contributed by atoms with E-state index < -0.39 is 22.8 Å². The molecule has 0 unspecified atom stereocenters. The monoisotopic (exact) mass is 383 g/mol. The number of hydrogen-bond donors (Lipinski definition) is 0. The summed E-state index contributed by atoms with van der Waals surface area (Å²) in [6.07, 6.45) is 0. The molecular weight excluding hydrogens is 366 g/mol. The molecule has 0 fully saturated rings. The number of aryl methyl sites for hydroxylation is 2. The second-order valence-corrected chi connectivity index (χ2v) is 6.82. The van der Waals surface area contributed by atoms with Crippen LogP contribution in [0, 0.1) is 19.8 Å². The second-order valence-electron chi connectivity index (χ2n) is 5.22.